The van der Waals surface area contributed by atoms with Gasteiger partial charge in [0.25, 0.3) is 11.5 Å². The molecule has 5 rings (SSSR count). The summed E-state index contributed by atoms with van der Waals surface area (Å²) < 4.78 is 10.8. The van der Waals surface area contributed by atoms with Crippen molar-refractivity contribution in [1.82, 2.24) is 9.88 Å². The van der Waals surface area contributed by atoms with Gasteiger partial charge in [0.1, 0.15) is 5.56 Å². The number of nitrogens with zero attached hydrogens (tertiary/aromatic N) is 1. The summed E-state index contributed by atoms with van der Waals surface area (Å²) in [6.45, 7) is 0.700. The number of H-pyrrole nitrogens is 1. The van der Waals surface area contributed by atoms with Crippen LogP contribution in [0.4, 0.5) is 0 Å². The minimum atomic E-state index is -0.267. The predicted octanol–water partition coefficient (Wildman–Crippen LogP) is 2.79. The molecule has 2 aromatic rings. The predicted molar refractivity (Wildman–Crippen MR) is 99.2 cm³/mol. The minimum Gasteiger partial charge on any atom is -0.454 e. The largest absolute Gasteiger partial charge is 0.454 e. The molecule has 2 aliphatic carbocycles. The molecule has 0 atom stereocenters. The van der Waals surface area contributed by atoms with Gasteiger partial charge >= 0.3 is 0 Å². The molecule has 0 radical (unpaired) electrons. The number of nitrogens with one attached hydrogen (secondary N) is 1. The fourth-order valence-corrected chi connectivity index (χ4v) is 3.98. The van der Waals surface area contributed by atoms with Gasteiger partial charge in [-0.25, -0.2) is 0 Å². The van der Waals surface area contributed by atoms with Gasteiger partial charge in [0, 0.05) is 18.3 Å². The maximum Gasteiger partial charge on any atom is 0.261 e. The second-order valence-corrected chi connectivity index (χ2v) is 7.57. The molecule has 1 amide bonds. The Kier molecular flexibility index (Phi) is 3.92. The quantitative estimate of drug-likeness (QED) is 0.903. The number of pyridine rings is 1. The summed E-state index contributed by atoms with van der Waals surface area (Å²) in [4.78, 5) is 30.5. The number of aromatic nitrogens is 1. The zero-order valence-corrected chi connectivity index (χ0v) is 15.1. The lowest BCUT2D eigenvalue weighted by Gasteiger charge is -2.23. The van der Waals surface area contributed by atoms with Crippen molar-refractivity contribution in [3.8, 4) is 11.5 Å². The van der Waals surface area contributed by atoms with Crippen molar-refractivity contribution >= 4 is 5.91 Å². The Balaban J connectivity index is 1.44. The minimum absolute atomic E-state index is 0.176. The first-order valence-electron chi connectivity index (χ1n) is 9.63. The first-order chi connectivity index (χ1) is 13.2. The van der Waals surface area contributed by atoms with Gasteiger partial charge < -0.3 is 19.4 Å². The van der Waals surface area contributed by atoms with Gasteiger partial charge in [-0.05, 0) is 67.9 Å². The number of hydrogen-bond donors (Lipinski definition) is 1. The molecule has 1 N–H and O–H groups in total. The van der Waals surface area contributed by atoms with E-state index in [2.05, 4.69) is 4.98 Å². The third-order valence-corrected chi connectivity index (χ3v) is 5.61. The summed E-state index contributed by atoms with van der Waals surface area (Å²) in [6.07, 6.45) is 5.99. The van der Waals surface area contributed by atoms with E-state index in [4.69, 9.17) is 9.47 Å². The lowest BCUT2D eigenvalue weighted by Crippen LogP contribution is -2.36. The Labute approximate surface area is 157 Å². The molecule has 2 heterocycles. The lowest BCUT2D eigenvalue weighted by molar-refractivity contribution is 0.0727. The normalized spacial score (nSPS) is 17.5. The van der Waals surface area contributed by atoms with E-state index >= 15 is 0 Å². The van der Waals surface area contributed by atoms with Crippen LogP contribution in [0.2, 0.25) is 0 Å². The molecule has 1 saturated carbocycles. The Bertz CT molecular complexity index is 961. The molecular formula is C21H22N2O4. The van der Waals surface area contributed by atoms with Crippen molar-refractivity contribution in [1.29, 1.82) is 0 Å². The Morgan fingerprint density at radius 1 is 1.11 bits per heavy atom. The lowest BCUT2D eigenvalue weighted by atomic mass is 9.95. The summed E-state index contributed by atoms with van der Waals surface area (Å²) in [5.41, 5.74) is 3.09. The van der Waals surface area contributed by atoms with E-state index in [1.54, 1.807) is 0 Å². The molecule has 6 nitrogen and oxygen atoms in total. The Morgan fingerprint density at radius 2 is 1.93 bits per heavy atom. The van der Waals surface area contributed by atoms with Crippen LogP contribution in [0.5, 0.6) is 11.5 Å². The fraction of sp³-hybridized carbons (Fsp3) is 0.429. The highest BCUT2D eigenvalue weighted by atomic mass is 16.7. The number of rotatable bonds is 4. The van der Waals surface area contributed by atoms with E-state index in [9.17, 15) is 9.59 Å². The van der Waals surface area contributed by atoms with E-state index in [1.807, 2.05) is 29.2 Å². The van der Waals surface area contributed by atoms with Crippen molar-refractivity contribution < 1.29 is 14.3 Å². The first kappa shape index (κ1) is 16.4. The van der Waals surface area contributed by atoms with Crippen LogP contribution in [0.25, 0.3) is 0 Å². The van der Waals surface area contributed by atoms with Gasteiger partial charge in [-0.15, -0.1) is 0 Å². The van der Waals surface area contributed by atoms with E-state index < -0.39 is 0 Å². The van der Waals surface area contributed by atoms with E-state index in [0.29, 0.717) is 12.3 Å². The van der Waals surface area contributed by atoms with Crippen LogP contribution in [0, 0.1) is 0 Å². The monoisotopic (exact) mass is 366 g/mol. The molecule has 0 spiro atoms. The van der Waals surface area contributed by atoms with Crippen molar-refractivity contribution in [2.45, 2.75) is 51.1 Å². The molecule has 1 aromatic carbocycles. The molecule has 1 fully saturated rings. The van der Waals surface area contributed by atoms with Crippen LogP contribution in [0.3, 0.4) is 0 Å². The molecular weight excluding hydrogens is 344 g/mol. The molecule has 0 unspecified atom stereocenters. The zero-order valence-electron chi connectivity index (χ0n) is 15.1. The van der Waals surface area contributed by atoms with E-state index in [1.165, 1.54) is 0 Å². The molecule has 0 saturated heterocycles. The van der Waals surface area contributed by atoms with Crippen LogP contribution >= 0.6 is 0 Å². The first-order valence-corrected chi connectivity index (χ1v) is 9.63. The highest BCUT2D eigenvalue weighted by molar-refractivity contribution is 5.94. The van der Waals surface area contributed by atoms with Crippen LogP contribution in [-0.2, 0) is 19.4 Å². The Hall–Kier alpha value is -2.76. The number of benzene rings is 1. The molecule has 3 aliphatic rings. The topological polar surface area (TPSA) is 71.6 Å². The maximum absolute atomic E-state index is 13.2. The average molecular weight is 366 g/mol. The third kappa shape index (κ3) is 3.09. The van der Waals surface area contributed by atoms with E-state index in [-0.39, 0.29) is 29.9 Å². The molecule has 27 heavy (non-hydrogen) atoms. The second kappa shape index (κ2) is 6.44. The summed E-state index contributed by atoms with van der Waals surface area (Å²) in [6, 6.07) is 7.78. The zero-order chi connectivity index (χ0) is 18.4. The van der Waals surface area contributed by atoms with E-state index in [0.717, 1.165) is 61.1 Å². The Morgan fingerprint density at radius 3 is 2.78 bits per heavy atom. The number of carbonyl (C=O) groups is 1. The number of hydrogen-bond acceptors (Lipinski definition) is 4. The number of aryl methyl sites for hydroxylation is 2. The number of fused-ring (bicyclic) bond motifs is 2. The van der Waals surface area contributed by atoms with Crippen LogP contribution in [0.1, 0.15) is 52.9 Å². The number of carbonyl (C=O) groups excluding carboxylic acids is 1. The van der Waals surface area contributed by atoms with Crippen LogP contribution in [0.15, 0.2) is 29.1 Å². The number of ether oxygens (including phenoxy) is 2. The number of amides is 1. The smallest absolute Gasteiger partial charge is 0.261 e. The molecule has 6 heteroatoms. The molecule has 140 valence electrons. The van der Waals surface area contributed by atoms with Gasteiger partial charge in [-0.1, -0.05) is 6.07 Å². The van der Waals surface area contributed by atoms with Crippen LogP contribution < -0.4 is 15.0 Å². The summed E-state index contributed by atoms with van der Waals surface area (Å²) in [5.74, 6) is 1.27. The summed E-state index contributed by atoms with van der Waals surface area (Å²) >= 11 is 0. The third-order valence-electron chi connectivity index (χ3n) is 5.61. The SMILES string of the molecule is O=C(c1cc2c([nH]c1=O)CCCC2)N(Cc1ccc2c(c1)OCO2)C1CC1. The van der Waals surface area contributed by atoms with Gasteiger partial charge in [0.2, 0.25) is 6.79 Å². The van der Waals surface area contributed by atoms with Crippen LogP contribution in [-0.4, -0.2) is 28.6 Å². The maximum atomic E-state index is 13.2. The summed E-state index contributed by atoms with van der Waals surface area (Å²) in [5, 5.41) is 0. The molecule has 1 aliphatic heterocycles. The second-order valence-electron chi connectivity index (χ2n) is 7.57. The van der Waals surface area contributed by atoms with Crippen molar-refractivity contribution in [3.63, 3.8) is 0 Å². The van der Waals surface area contributed by atoms with Gasteiger partial charge in [-0.3, -0.25) is 9.59 Å². The van der Waals surface area contributed by atoms with Crippen molar-refractivity contribution in [2.75, 3.05) is 6.79 Å². The molecule has 1 aromatic heterocycles. The number of aromatic amines is 1. The molecule has 0 bridgehead atoms. The van der Waals surface area contributed by atoms with Gasteiger partial charge in [0.05, 0.1) is 0 Å². The fourth-order valence-electron chi connectivity index (χ4n) is 3.98. The highest BCUT2D eigenvalue weighted by Crippen LogP contribution is 2.35. The average Bonchev–Trinajstić information content (AvgIpc) is 3.42. The standard InChI is InChI=1S/C21H22N2O4/c24-20-16(10-14-3-1-2-4-17(14)22-20)21(25)23(15-6-7-15)11-13-5-8-18-19(9-13)27-12-26-18/h5,8-10,15H,1-4,6-7,11-12H2,(H,22,24). The van der Waals surface area contributed by atoms with Crippen molar-refractivity contribution in [3.05, 3.63) is 57.0 Å². The summed E-state index contributed by atoms with van der Waals surface area (Å²) in [7, 11) is 0. The van der Waals surface area contributed by atoms with Gasteiger partial charge in [-0.2, -0.15) is 0 Å². The van der Waals surface area contributed by atoms with Gasteiger partial charge in [0.15, 0.2) is 11.5 Å². The van der Waals surface area contributed by atoms with Crippen molar-refractivity contribution in [2.24, 2.45) is 0 Å². The highest BCUT2D eigenvalue weighted by Gasteiger charge is 2.34.